The second-order valence-electron chi connectivity index (χ2n) is 7.84. The van der Waals surface area contributed by atoms with Crippen molar-refractivity contribution in [2.24, 2.45) is 5.73 Å². The van der Waals surface area contributed by atoms with Crippen LogP contribution >= 0.6 is 0 Å². The molecule has 0 spiro atoms. The first-order valence-electron chi connectivity index (χ1n) is 8.81. The summed E-state index contributed by atoms with van der Waals surface area (Å²) in [6, 6.07) is -0.0136. The van der Waals surface area contributed by atoms with E-state index in [-0.39, 0.29) is 30.0 Å². The molecule has 9 heteroatoms. The Bertz CT molecular complexity index is 524. The predicted octanol–water partition coefficient (Wildman–Crippen LogP) is 1.15. The molecule has 0 aromatic rings. The van der Waals surface area contributed by atoms with Gasteiger partial charge >= 0.3 is 11.9 Å². The van der Waals surface area contributed by atoms with E-state index in [2.05, 4.69) is 0 Å². The summed E-state index contributed by atoms with van der Waals surface area (Å²) in [6.45, 7) is 11.1. The van der Waals surface area contributed by atoms with Gasteiger partial charge in [-0.2, -0.15) is 0 Å². The van der Waals surface area contributed by atoms with Crippen LogP contribution in [0.5, 0.6) is 0 Å². The molecule has 0 unspecified atom stereocenters. The summed E-state index contributed by atoms with van der Waals surface area (Å²) < 4.78 is 23.2. The average Bonchev–Trinajstić information content (AvgIpc) is 2.96. The molecule has 1 aliphatic carbocycles. The van der Waals surface area contributed by atoms with Gasteiger partial charge in [-0.25, -0.2) is 9.59 Å². The lowest BCUT2D eigenvalue weighted by molar-refractivity contribution is -0.169. The maximum absolute atomic E-state index is 9.55. The Kier molecular flexibility index (Phi) is 8.37. The van der Waals surface area contributed by atoms with Crippen molar-refractivity contribution < 1.29 is 38.7 Å². The van der Waals surface area contributed by atoms with E-state index >= 15 is 0 Å². The molecule has 0 aromatic carbocycles. The molecule has 0 amide bonds. The normalized spacial score (nSPS) is 29.3. The number of carboxylic acid groups (broad SMARTS) is 2. The second-order valence-corrected chi connectivity index (χ2v) is 7.84. The third-order valence-corrected chi connectivity index (χ3v) is 3.78. The van der Waals surface area contributed by atoms with E-state index < -0.39 is 17.7 Å². The summed E-state index contributed by atoms with van der Waals surface area (Å²) >= 11 is 0. The van der Waals surface area contributed by atoms with E-state index in [4.69, 9.17) is 34.9 Å². The molecule has 0 radical (unpaired) electrons. The number of rotatable bonds is 6. The number of nitrogens with two attached hydrogens (primary N) is 1. The first kappa shape index (κ1) is 23.5. The molecule has 0 bridgehead atoms. The third kappa shape index (κ3) is 8.81. The fraction of sp³-hybridized carbons (Fsp3) is 0.778. The zero-order chi connectivity index (χ0) is 20.8. The van der Waals surface area contributed by atoms with Crippen molar-refractivity contribution >= 4 is 11.9 Å². The maximum Gasteiger partial charge on any atom is 0.328 e. The first-order valence-corrected chi connectivity index (χ1v) is 8.81. The fourth-order valence-electron chi connectivity index (χ4n) is 2.83. The summed E-state index contributed by atoms with van der Waals surface area (Å²) in [5.74, 6) is -3.07. The first-order chi connectivity index (χ1) is 12.3. The van der Waals surface area contributed by atoms with Crippen molar-refractivity contribution in [3.63, 3.8) is 0 Å². The highest BCUT2D eigenvalue weighted by atomic mass is 16.8. The fourth-order valence-corrected chi connectivity index (χ4v) is 2.83. The molecule has 0 aromatic heterocycles. The van der Waals surface area contributed by atoms with E-state index in [0.29, 0.717) is 25.4 Å². The molecule has 4 atom stereocenters. The van der Waals surface area contributed by atoms with Crippen molar-refractivity contribution in [1.29, 1.82) is 0 Å². The van der Waals surface area contributed by atoms with Crippen LogP contribution in [0, 0.1) is 0 Å². The van der Waals surface area contributed by atoms with Crippen LogP contribution in [0.4, 0.5) is 0 Å². The maximum atomic E-state index is 9.55. The van der Waals surface area contributed by atoms with Crippen LogP contribution in [0.2, 0.25) is 0 Å². The summed E-state index contributed by atoms with van der Waals surface area (Å²) in [5, 5.41) is 15.6. The Morgan fingerprint density at radius 2 is 1.63 bits per heavy atom. The summed E-state index contributed by atoms with van der Waals surface area (Å²) in [7, 11) is 0. The molecular formula is C18H31NO8. The highest BCUT2D eigenvalue weighted by Gasteiger charge is 2.53. The Balaban J connectivity index is 0.000000387. The molecule has 1 saturated carbocycles. The van der Waals surface area contributed by atoms with E-state index in [0.717, 1.165) is 6.42 Å². The number of hydrogen-bond donors (Lipinski definition) is 3. The smallest absolute Gasteiger partial charge is 0.328 e. The minimum Gasteiger partial charge on any atom is -0.478 e. The summed E-state index contributed by atoms with van der Waals surface area (Å²) in [6.07, 6.45) is 1.79. The number of carboxylic acids is 2. The molecular weight excluding hydrogens is 358 g/mol. The van der Waals surface area contributed by atoms with Gasteiger partial charge in [0.05, 0.1) is 24.9 Å². The third-order valence-electron chi connectivity index (χ3n) is 3.78. The Morgan fingerprint density at radius 3 is 2.11 bits per heavy atom. The van der Waals surface area contributed by atoms with Crippen LogP contribution < -0.4 is 5.73 Å². The van der Waals surface area contributed by atoms with Crippen LogP contribution in [0.25, 0.3) is 0 Å². The van der Waals surface area contributed by atoms with Gasteiger partial charge < -0.3 is 34.9 Å². The monoisotopic (exact) mass is 389 g/mol. The second kappa shape index (κ2) is 9.61. The van der Waals surface area contributed by atoms with Crippen molar-refractivity contribution in [2.75, 3.05) is 13.2 Å². The largest absolute Gasteiger partial charge is 0.478 e. The number of carbonyl (C=O) groups is 2. The van der Waals surface area contributed by atoms with Crippen molar-refractivity contribution in [3.05, 3.63) is 12.2 Å². The molecule has 2 fully saturated rings. The lowest BCUT2D eigenvalue weighted by Crippen LogP contribution is -2.35. The Morgan fingerprint density at radius 1 is 1.11 bits per heavy atom. The Hall–Kier alpha value is -1.52. The summed E-state index contributed by atoms with van der Waals surface area (Å²) in [4.78, 5) is 19.1. The topological polar surface area (TPSA) is 138 Å². The molecule has 2 rings (SSSR count). The van der Waals surface area contributed by atoms with Gasteiger partial charge in [-0.05, 0) is 41.0 Å². The molecule has 9 nitrogen and oxygen atoms in total. The Labute approximate surface area is 159 Å². The van der Waals surface area contributed by atoms with Gasteiger partial charge in [0.25, 0.3) is 0 Å². The number of aliphatic carboxylic acids is 2. The van der Waals surface area contributed by atoms with Gasteiger partial charge in [0.1, 0.15) is 12.2 Å². The lowest BCUT2D eigenvalue weighted by Gasteiger charge is -2.24. The van der Waals surface area contributed by atoms with Crippen molar-refractivity contribution in [2.45, 2.75) is 76.8 Å². The highest BCUT2D eigenvalue weighted by Crippen LogP contribution is 2.38. The minimum absolute atomic E-state index is 0.00495. The van der Waals surface area contributed by atoms with Crippen LogP contribution in [-0.2, 0) is 28.5 Å². The molecule has 1 aliphatic heterocycles. The zero-order valence-electron chi connectivity index (χ0n) is 16.5. The molecule has 1 heterocycles. The van der Waals surface area contributed by atoms with Crippen LogP contribution in [0.15, 0.2) is 12.2 Å². The molecule has 156 valence electrons. The standard InChI is InChI=1S/C14H27NO4.C4H4O4/c1-13(2,3)17-7-6-16-10-8-9(15)11-12(10)19-14(4,5)18-11;5-3(6)1-2-4(7)8/h9-12H,6-8,15H2,1-5H3;1-2H,(H,5,6)(H,7,8)/b;2-1-/t9-,10+,11+,12-;/m1./s1. The lowest BCUT2D eigenvalue weighted by atomic mass is 10.2. The van der Waals surface area contributed by atoms with Crippen molar-refractivity contribution in [1.82, 2.24) is 0 Å². The van der Waals surface area contributed by atoms with Gasteiger partial charge in [0.2, 0.25) is 0 Å². The zero-order valence-corrected chi connectivity index (χ0v) is 16.5. The summed E-state index contributed by atoms with van der Waals surface area (Å²) in [5.41, 5.74) is 5.96. The van der Waals surface area contributed by atoms with Crippen molar-refractivity contribution in [3.8, 4) is 0 Å². The van der Waals surface area contributed by atoms with E-state index in [1.54, 1.807) is 0 Å². The van der Waals surface area contributed by atoms with E-state index in [9.17, 15) is 9.59 Å². The van der Waals surface area contributed by atoms with Gasteiger partial charge in [-0.1, -0.05) is 0 Å². The molecule has 27 heavy (non-hydrogen) atoms. The number of fused-ring (bicyclic) bond motifs is 1. The molecule has 4 N–H and O–H groups in total. The van der Waals surface area contributed by atoms with Gasteiger partial charge in [0.15, 0.2) is 5.79 Å². The van der Waals surface area contributed by atoms with E-state index in [1.807, 2.05) is 34.6 Å². The highest BCUT2D eigenvalue weighted by molar-refractivity contribution is 5.89. The van der Waals surface area contributed by atoms with Gasteiger partial charge in [0, 0.05) is 18.2 Å². The number of ether oxygens (including phenoxy) is 4. The van der Waals surface area contributed by atoms with Gasteiger partial charge in [-0.3, -0.25) is 0 Å². The molecule has 1 saturated heterocycles. The predicted molar refractivity (Wildman–Crippen MR) is 96.3 cm³/mol. The molecule has 2 aliphatic rings. The number of hydrogen-bond acceptors (Lipinski definition) is 7. The minimum atomic E-state index is -1.26. The van der Waals surface area contributed by atoms with E-state index in [1.165, 1.54) is 0 Å². The van der Waals surface area contributed by atoms with Crippen LogP contribution in [0.3, 0.4) is 0 Å². The quantitative estimate of drug-likeness (QED) is 0.451. The van der Waals surface area contributed by atoms with Crippen LogP contribution in [-0.4, -0.2) is 71.1 Å². The van der Waals surface area contributed by atoms with Crippen LogP contribution in [0.1, 0.15) is 41.0 Å². The van der Waals surface area contributed by atoms with Gasteiger partial charge in [-0.15, -0.1) is 0 Å². The average molecular weight is 389 g/mol. The SMILES string of the molecule is CC(C)(C)OCCO[C@H]1C[C@@H](N)[C@@H]2OC(C)(C)O[C@@H]21.O=C(O)/C=C\C(=O)O.